The first-order valence-corrected chi connectivity index (χ1v) is 12.0. The van der Waals surface area contributed by atoms with Crippen molar-refractivity contribution in [1.82, 2.24) is 0 Å². The van der Waals surface area contributed by atoms with Crippen molar-refractivity contribution in [3.63, 3.8) is 0 Å². The van der Waals surface area contributed by atoms with Gasteiger partial charge in [0.25, 0.3) is 0 Å². The van der Waals surface area contributed by atoms with Gasteiger partial charge < -0.3 is 9.47 Å². The predicted molar refractivity (Wildman–Crippen MR) is 116 cm³/mol. The van der Waals surface area contributed by atoms with Gasteiger partial charge in [0.05, 0.1) is 0 Å². The molecule has 3 saturated carbocycles. The van der Waals surface area contributed by atoms with E-state index in [2.05, 4.69) is 33.8 Å². The standard InChI is InChI=1S/C26H42O3/c1-16-9-11-25(3)18(13-16)7-8-19-20(25)10-12-26(4)21(19)15-22(27)24(26)17(2)14-23(28-5)29-6/h7,16-17,19-21,23-24H,8-15H2,1-6H3/t16-,17+,19+,20-,21-,24-,25?,26-/m0/s1. The fraction of sp³-hybridized carbons (Fsp3) is 0.885. The first-order valence-electron chi connectivity index (χ1n) is 12.0. The van der Waals surface area contributed by atoms with Gasteiger partial charge in [-0.25, -0.2) is 0 Å². The molecule has 4 rings (SSSR count). The molecule has 0 aromatic carbocycles. The summed E-state index contributed by atoms with van der Waals surface area (Å²) in [6, 6.07) is 0. The summed E-state index contributed by atoms with van der Waals surface area (Å²) in [6.07, 6.45) is 11.7. The summed E-state index contributed by atoms with van der Waals surface area (Å²) in [5.74, 6) is 3.84. The first kappa shape index (κ1) is 21.6. The molecule has 0 spiro atoms. The van der Waals surface area contributed by atoms with Crippen LogP contribution in [0.15, 0.2) is 11.6 Å². The second-order valence-electron chi connectivity index (χ2n) is 11.4. The van der Waals surface area contributed by atoms with Crippen LogP contribution in [0.1, 0.15) is 79.1 Å². The zero-order valence-electron chi connectivity index (χ0n) is 19.5. The van der Waals surface area contributed by atoms with Crippen molar-refractivity contribution in [2.24, 2.45) is 46.3 Å². The van der Waals surface area contributed by atoms with Crippen LogP contribution in [0.2, 0.25) is 0 Å². The first-order chi connectivity index (χ1) is 13.7. The van der Waals surface area contributed by atoms with Gasteiger partial charge in [-0.15, -0.1) is 0 Å². The molecule has 3 heteroatoms. The monoisotopic (exact) mass is 402 g/mol. The second kappa shape index (κ2) is 7.79. The Bertz CT molecular complexity index is 665. The SMILES string of the molecule is COC(C[C@@H](C)[C@H]1C(=O)C[C@H]2[C@@H]3CC=C4C[C@@H](C)CCC4(C)[C@H]3CC[C@]12C)OC. The molecule has 164 valence electrons. The Morgan fingerprint density at radius 3 is 2.52 bits per heavy atom. The molecule has 1 unspecified atom stereocenters. The number of hydrogen-bond donors (Lipinski definition) is 0. The van der Waals surface area contributed by atoms with Gasteiger partial charge in [0, 0.05) is 33.0 Å². The summed E-state index contributed by atoms with van der Waals surface area (Å²) in [6.45, 7) is 9.66. The maximum absolute atomic E-state index is 13.3. The predicted octanol–water partition coefficient (Wildman–Crippen LogP) is 6.03. The number of fused-ring (bicyclic) bond motifs is 5. The van der Waals surface area contributed by atoms with Crippen molar-refractivity contribution in [2.45, 2.75) is 85.4 Å². The number of ketones is 1. The molecule has 0 radical (unpaired) electrons. The van der Waals surface area contributed by atoms with Crippen LogP contribution in [-0.4, -0.2) is 26.3 Å². The summed E-state index contributed by atoms with van der Waals surface area (Å²) in [5, 5.41) is 0. The Labute approximate surface area is 178 Å². The number of hydrogen-bond acceptors (Lipinski definition) is 3. The van der Waals surface area contributed by atoms with E-state index in [1.807, 2.05) is 0 Å². The van der Waals surface area contributed by atoms with E-state index >= 15 is 0 Å². The van der Waals surface area contributed by atoms with E-state index in [4.69, 9.17) is 9.47 Å². The fourth-order valence-corrected chi connectivity index (χ4v) is 8.37. The van der Waals surface area contributed by atoms with E-state index in [-0.39, 0.29) is 17.6 Å². The molecule has 29 heavy (non-hydrogen) atoms. The van der Waals surface area contributed by atoms with Crippen molar-refractivity contribution in [1.29, 1.82) is 0 Å². The van der Waals surface area contributed by atoms with Gasteiger partial charge in [-0.2, -0.15) is 0 Å². The van der Waals surface area contributed by atoms with Crippen molar-refractivity contribution in [3.05, 3.63) is 11.6 Å². The van der Waals surface area contributed by atoms with Gasteiger partial charge >= 0.3 is 0 Å². The van der Waals surface area contributed by atoms with Gasteiger partial charge in [0.15, 0.2) is 6.29 Å². The summed E-state index contributed by atoms with van der Waals surface area (Å²) >= 11 is 0. The minimum absolute atomic E-state index is 0.146. The Hall–Kier alpha value is -0.670. The molecule has 0 aromatic heterocycles. The van der Waals surface area contributed by atoms with Crippen LogP contribution in [0.5, 0.6) is 0 Å². The highest BCUT2D eigenvalue weighted by atomic mass is 16.7. The van der Waals surface area contributed by atoms with Gasteiger partial charge in [-0.3, -0.25) is 4.79 Å². The van der Waals surface area contributed by atoms with E-state index in [1.54, 1.807) is 19.8 Å². The number of rotatable bonds is 5. The zero-order chi connectivity index (χ0) is 21.0. The van der Waals surface area contributed by atoms with E-state index in [1.165, 1.54) is 38.5 Å². The van der Waals surface area contributed by atoms with Crippen LogP contribution in [0.3, 0.4) is 0 Å². The number of Topliss-reactive ketones (excluding diaryl/α,β-unsaturated/α-hetero) is 1. The number of methoxy groups -OCH3 is 2. The Kier molecular flexibility index (Phi) is 5.79. The fourth-order valence-electron chi connectivity index (χ4n) is 8.37. The Morgan fingerprint density at radius 1 is 1.10 bits per heavy atom. The molecule has 0 aromatic rings. The van der Waals surface area contributed by atoms with Crippen molar-refractivity contribution in [2.75, 3.05) is 14.2 Å². The largest absolute Gasteiger partial charge is 0.356 e. The average molecular weight is 403 g/mol. The summed E-state index contributed by atoms with van der Waals surface area (Å²) in [4.78, 5) is 13.3. The molecule has 0 saturated heterocycles. The molecule has 3 nitrogen and oxygen atoms in total. The van der Waals surface area contributed by atoms with Gasteiger partial charge in [0.2, 0.25) is 0 Å². The van der Waals surface area contributed by atoms with Crippen LogP contribution in [0.4, 0.5) is 0 Å². The molecule has 0 amide bonds. The topological polar surface area (TPSA) is 35.5 Å². The molecular formula is C26H42O3. The lowest BCUT2D eigenvalue weighted by Gasteiger charge is -2.58. The Morgan fingerprint density at radius 2 is 1.83 bits per heavy atom. The normalized spacial score (nSPS) is 45.4. The van der Waals surface area contributed by atoms with Crippen LogP contribution in [-0.2, 0) is 14.3 Å². The van der Waals surface area contributed by atoms with Crippen molar-refractivity contribution < 1.29 is 14.3 Å². The van der Waals surface area contributed by atoms with Crippen LogP contribution >= 0.6 is 0 Å². The number of carbonyl (C=O) groups is 1. The Balaban J connectivity index is 1.59. The second-order valence-corrected chi connectivity index (χ2v) is 11.4. The number of carbonyl (C=O) groups excluding carboxylic acids is 1. The number of allylic oxidation sites excluding steroid dienone is 2. The van der Waals surface area contributed by atoms with Gasteiger partial charge in [0.1, 0.15) is 5.78 Å². The molecule has 0 aliphatic heterocycles. The lowest BCUT2D eigenvalue weighted by atomic mass is 9.46. The molecule has 4 aliphatic rings. The highest BCUT2D eigenvalue weighted by Crippen LogP contribution is 2.66. The molecule has 8 atom stereocenters. The van der Waals surface area contributed by atoms with E-state index in [0.717, 1.165) is 24.7 Å². The average Bonchev–Trinajstić information content (AvgIpc) is 2.96. The van der Waals surface area contributed by atoms with Crippen LogP contribution in [0, 0.1) is 46.3 Å². The summed E-state index contributed by atoms with van der Waals surface area (Å²) in [7, 11) is 3.40. The van der Waals surface area contributed by atoms with E-state index < -0.39 is 0 Å². The third-order valence-corrected chi connectivity index (χ3v) is 9.93. The molecule has 4 aliphatic carbocycles. The summed E-state index contributed by atoms with van der Waals surface area (Å²) < 4.78 is 10.9. The lowest BCUT2D eigenvalue weighted by Crippen LogP contribution is -2.50. The molecular weight excluding hydrogens is 360 g/mol. The zero-order valence-corrected chi connectivity index (χ0v) is 19.5. The minimum atomic E-state index is -0.208. The highest BCUT2D eigenvalue weighted by Gasteiger charge is 2.61. The maximum atomic E-state index is 13.3. The summed E-state index contributed by atoms with van der Waals surface area (Å²) in [5.41, 5.74) is 2.28. The molecule has 3 fully saturated rings. The number of ether oxygens (including phenoxy) is 2. The quantitative estimate of drug-likeness (QED) is 0.416. The van der Waals surface area contributed by atoms with Gasteiger partial charge in [-0.1, -0.05) is 39.3 Å². The third-order valence-electron chi connectivity index (χ3n) is 9.93. The minimum Gasteiger partial charge on any atom is -0.356 e. The van der Waals surface area contributed by atoms with Crippen molar-refractivity contribution >= 4 is 5.78 Å². The lowest BCUT2D eigenvalue weighted by molar-refractivity contribution is -0.134. The van der Waals surface area contributed by atoms with Crippen LogP contribution in [0.25, 0.3) is 0 Å². The smallest absolute Gasteiger partial charge is 0.157 e. The highest BCUT2D eigenvalue weighted by molar-refractivity contribution is 5.85. The van der Waals surface area contributed by atoms with Gasteiger partial charge in [-0.05, 0) is 78.9 Å². The van der Waals surface area contributed by atoms with Crippen molar-refractivity contribution in [3.8, 4) is 0 Å². The van der Waals surface area contributed by atoms with E-state index in [0.29, 0.717) is 29.0 Å². The molecule has 0 bridgehead atoms. The van der Waals surface area contributed by atoms with E-state index in [9.17, 15) is 4.79 Å². The molecule has 0 heterocycles. The van der Waals surface area contributed by atoms with Crippen LogP contribution < -0.4 is 0 Å². The third kappa shape index (κ3) is 3.35. The maximum Gasteiger partial charge on any atom is 0.157 e. The molecule has 0 N–H and O–H groups in total.